The van der Waals surface area contributed by atoms with Gasteiger partial charge in [0.1, 0.15) is 5.75 Å². The lowest BCUT2D eigenvalue weighted by Gasteiger charge is -2.25. The number of aromatic amines is 1. The zero-order valence-corrected chi connectivity index (χ0v) is 18.1. The van der Waals surface area contributed by atoms with E-state index in [4.69, 9.17) is 9.72 Å². The van der Waals surface area contributed by atoms with Crippen LogP contribution in [0.1, 0.15) is 64.9 Å². The molecule has 1 saturated heterocycles. The molecule has 6 heteroatoms. The summed E-state index contributed by atoms with van der Waals surface area (Å²) in [6.45, 7) is 2.76. The molecule has 3 heterocycles. The van der Waals surface area contributed by atoms with Crippen LogP contribution in [0.2, 0.25) is 0 Å². The Morgan fingerprint density at radius 2 is 1.90 bits per heavy atom. The zero-order chi connectivity index (χ0) is 21.4. The molecule has 6 nitrogen and oxygen atoms in total. The maximum absolute atomic E-state index is 13.5. The van der Waals surface area contributed by atoms with Gasteiger partial charge in [-0.05, 0) is 80.8 Å². The van der Waals surface area contributed by atoms with Crippen LogP contribution in [0.4, 0.5) is 0 Å². The Balaban J connectivity index is 1.45. The van der Waals surface area contributed by atoms with E-state index < -0.39 is 0 Å². The molecule has 1 N–H and O–H groups in total. The van der Waals surface area contributed by atoms with Gasteiger partial charge in [-0.1, -0.05) is 12.1 Å². The number of benzene rings is 1. The average molecular weight is 417 g/mol. The number of ether oxygens (including phenoxy) is 1. The largest absolute Gasteiger partial charge is 0.497 e. The van der Waals surface area contributed by atoms with Crippen LogP contribution in [0, 0.1) is 6.92 Å². The first-order chi connectivity index (χ1) is 15.1. The van der Waals surface area contributed by atoms with Gasteiger partial charge in [0, 0.05) is 23.5 Å². The zero-order valence-electron chi connectivity index (χ0n) is 18.1. The van der Waals surface area contributed by atoms with E-state index in [0.717, 1.165) is 84.6 Å². The Morgan fingerprint density at radius 3 is 2.71 bits per heavy atom. The first-order valence-electron chi connectivity index (χ1n) is 11.1. The van der Waals surface area contributed by atoms with Gasteiger partial charge in [-0.2, -0.15) is 5.10 Å². The molecule has 160 valence electrons. The van der Waals surface area contributed by atoms with Crippen molar-refractivity contribution in [3.05, 3.63) is 64.7 Å². The number of carbonyl (C=O) groups excluding carboxylic acids is 1. The number of likely N-dealkylation sites (tertiary alicyclic amines) is 1. The highest BCUT2D eigenvalue weighted by atomic mass is 16.5. The number of aryl methyl sites for hydroxylation is 2. The number of rotatable bonds is 4. The quantitative estimate of drug-likeness (QED) is 0.672. The van der Waals surface area contributed by atoms with E-state index in [2.05, 4.69) is 34.5 Å². The molecular formula is C25H28N4O2. The number of amides is 1. The van der Waals surface area contributed by atoms with Crippen molar-refractivity contribution >= 4 is 5.91 Å². The molecule has 31 heavy (non-hydrogen) atoms. The second-order valence-electron chi connectivity index (χ2n) is 8.54. The number of hydrogen-bond acceptors (Lipinski definition) is 4. The van der Waals surface area contributed by atoms with Crippen molar-refractivity contribution in [3.8, 4) is 16.9 Å². The summed E-state index contributed by atoms with van der Waals surface area (Å²) in [5.41, 5.74) is 7.02. The highest BCUT2D eigenvalue weighted by Gasteiger charge is 2.34. The minimum atomic E-state index is -0.0136. The van der Waals surface area contributed by atoms with Crippen LogP contribution in [0.3, 0.4) is 0 Å². The van der Waals surface area contributed by atoms with Gasteiger partial charge in [0.15, 0.2) is 5.69 Å². The van der Waals surface area contributed by atoms with Crippen molar-refractivity contribution < 1.29 is 9.53 Å². The van der Waals surface area contributed by atoms with Crippen molar-refractivity contribution in [2.75, 3.05) is 13.7 Å². The minimum absolute atomic E-state index is 0.0136. The lowest BCUT2D eigenvalue weighted by atomic mass is 9.95. The third-order valence-corrected chi connectivity index (χ3v) is 6.51. The van der Waals surface area contributed by atoms with E-state index >= 15 is 0 Å². The average Bonchev–Trinajstić information content (AvgIpc) is 3.46. The van der Waals surface area contributed by atoms with E-state index in [-0.39, 0.29) is 11.9 Å². The van der Waals surface area contributed by atoms with Crippen LogP contribution >= 0.6 is 0 Å². The van der Waals surface area contributed by atoms with Crippen LogP contribution in [-0.2, 0) is 12.8 Å². The van der Waals surface area contributed by atoms with Gasteiger partial charge in [-0.25, -0.2) is 0 Å². The molecule has 0 radical (unpaired) electrons. The predicted octanol–water partition coefficient (Wildman–Crippen LogP) is 4.64. The highest BCUT2D eigenvalue weighted by Crippen LogP contribution is 2.35. The normalized spacial score (nSPS) is 18.1. The van der Waals surface area contributed by atoms with Gasteiger partial charge >= 0.3 is 0 Å². The minimum Gasteiger partial charge on any atom is -0.497 e. The number of pyridine rings is 1. The molecule has 1 amide bonds. The van der Waals surface area contributed by atoms with Gasteiger partial charge < -0.3 is 9.64 Å². The van der Waals surface area contributed by atoms with Crippen LogP contribution in [0.5, 0.6) is 5.75 Å². The molecule has 1 fully saturated rings. The SMILES string of the molecule is COc1ccc(-c2cc(C)nc([C@H]3CCCN3C(=O)c3n[nH]c4c3CCCC4)c2)cc1. The molecule has 1 aliphatic carbocycles. The van der Waals surface area contributed by atoms with Gasteiger partial charge in [0.2, 0.25) is 0 Å². The fraction of sp³-hybridized carbons (Fsp3) is 0.400. The molecule has 0 saturated carbocycles. The molecule has 2 aliphatic rings. The predicted molar refractivity (Wildman–Crippen MR) is 119 cm³/mol. The van der Waals surface area contributed by atoms with Gasteiger partial charge in [-0.3, -0.25) is 14.9 Å². The van der Waals surface area contributed by atoms with Gasteiger partial charge in [0.25, 0.3) is 5.91 Å². The molecule has 3 aromatic rings. The fourth-order valence-corrected chi connectivity index (χ4v) is 4.93. The van der Waals surface area contributed by atoms with E-state index in [1.54, 1.807) is 7.11 Å². The number of nitrogens with one attached hydrogen (secondary N) is 1. The monoisotopic (exact) mass is 416 g/mol. The molecule has 0 bridgehead atoms. The van der Waals surface area contributed by atoms with E-state index in [1.807, 2.05) is 24.0 Å². The first kappa shape index (κ1) is 19.8. The molecule has 0 unspecified atom stereocenters. The standard InChI is InChI=1S/C25H28N4O2/c1-16-14-18(17-9-11-19(31-2)12-10-17)15-22(26-16)23-8-5-13-29(23)25(30)24-20-6-3-4-7-21(20)27-28-24/h9-12,14-15,23H,3-8,13H2,1-2H3,(H,27,28)/t23-/m1/s1. The third-order valence-electron chi connectivity index (χ3n) is 6.51. The Labute approximate surface area is 182 Å². The van der Waals surface area contributed by atoms with E-state index in [9.17, 15) is 4.79 Å². The number of aromatic nitrogens is 3. The summed E-state index contributed by atoms with van der Waals surface area (Å²) in [4.78, 5) is 20.3. The molecule has 2 aromatic heterocycles. The summed E-state index contributed by atoms with van der Waals surface area (Å²) in [6, 6.07) is 12.3. The van der Waals surface area contributed by atoms with Crippen LogP contribution in [0.15, 0.2) is 36.4 Å². The summed E-state index contributed by atoms with van der Waals surface area (Å²) in [5, 5.41) is 7.53. The molecule has 1 atom stereocenters. The summed E-state index contributed by atoms with van der Waals surface area (Å²) in [5.74, 6) is 0.876. The number of fused-ring (bicyclic) bond motifs is 1. The van der Waals surface area contributed by atoms with Crippen molar-refractivity contribution in [3.63, 3.8) is 0 Å². The molecular weight excluding hydrogens is 388 g/mol. The summed E-state index contributed by atoms with van der Waals surface area (Å²) in [7, 11) is 1.67. The second-order valence-corrected chi connectivity index (χ2v) is 8.54. The molecule has 0 spiro atoms. The van der Waals surface area contributed by atoms with Gasteiger partial charge in [-0.15, -0.1) is 0 Å². The van der Waals surface area contributed by atoms with E-state index in [0.29, 0.717) is 5.69 Å². The Bertz CT molecular complexity index is 1100. The Kier molecular flexibility index (Phi) is 5.22. The van der Waals surface area contributed by atoms with Crippen molar-refractivity contribution in [2.45, 2.75) is 51.5 Å². The number of hydrogen-bond donors (Lipinski definition) is 1. The topological polar surface area (TPSA) is 71.1 Å². The van der Waals surface area contributed by atoms with Crippen molar-refractivity contribution in [1.82, 2.24) is 20.1 Å². The van der Waals surface area contributed by atoms with Crippen LogP contribution in [-0.4, -0.2) is 39.6 Å². The maximum atomic E-state index is 13.5. The summed E-state index contributed by atoms with van der Waals surface area (Å²) in [6.07, 6.45) is 6.13. The van der Waals surface area contributed by atoms with E-state index in [1.165, 1.54) is 0 Å². The maximum Gasteiger partial charge on any atom is 0.275 e. The first-order valence-corrected chi connectivity index (χ1v) is 11.1. The fourth-order valence-electron chi connectivity index (χ4n) is 4.93. The number of methoxy groups -OCH3 is 1. The second kappa shape index (κ2) is 8.17. The van der Waals surface area contributed by atoms with Crippen LogP contribution < -0.4 is 4.74 Å². The Hall–Kier alpha value is -3.15. The van der Waals surface area contributed by atoms with Crippen LogP contribution in [0.25, 0.3) is 11.1 Å². The lowest BCUT2D eigenvalue weighted by molar-refractivity contribution is 0.0725. The molecule has 1 aliphatic heterocycles. The summed E-state index contributed by atoms with van der Waals surface area (Å²) >= 11 is 0. The number of carbonyl (C=O) groups is 1. The lowest BCUT2D eigenvalue weighted by Crippen LogP contribution is -2.32. The highest BCUT2D eigenvalue weighted by molar-refractivity contribution is 5.94. The number of H-pyrrole nitrogens is 1. The molecule has 5 rings (SSSR count). The molecule has 1 aromatic carbocycles. The third kappa shape index (κ3) is 3.71. The summed E-state index contributed by atoms with van der Waals surface area (Å²) < 4.78 is 5.28. The van der Waals surface area contributed by atoms with Gasteiger partial charge in [0.05, 0.1) is 18.8 Å². The number of nitrogens with zero attached hydrogens (tertiary/aromatic N) is 3. The van der Waals surface area contributed by atoms with Crippen molar-refractivity contribution in [1.29, 1.82) is 0 Å². The Morgan fingerprint density at radius 1 is 1.10 bits per heavy atom. The van der Waals surface area contributed by atoms with Crippen molar-refractivity contribution in [2.24, 2.45) is 0 Å². The smallest absolute Gasteiger partial charge is 0.275 e.